The molecule has 2 N–H and O–H groups in total. The summed E-state index contributed by atoms with van der Waals surface area (Å²) >= 11 is 0. The zero-order valence-corrected chi connectivity index (χ0v) is 8.83. The lowest BCUT2D eigenvalue weighted by atomic mass is 10.2. The molecule has 0 aliphatic carbocycles. The lowest BCUT2D eigenvalue weighted by molar-refractivity contribution is 0.0426. The number of carbonyl (C=O) groups is 1. The molecule has 2 saturated heterocycles. The summed E-state index contributed by atoms with van der Waals surface area (Å²) in [6.07, 6.45) is -0.355. The maximum Gasteiger partial charge on any atom is 0.422 e. The van der Waals surface area contributed by atoms with Gasteiger partial charge in [-0.15, -0.1) is 0 Å². The van der Waals surface area contributed by atoms with Crippen LogP contribution in [0.25, 0.3) is 0 Å². The lowest BCUT2D eigenvalue weighted by Crippen LogP contribution is -2.40. The zero-order valence-electron chi connectivity index (χ0n) is 8.83. The van der Waals surface area contributed by atoms with Crippen molar-refractivity contribution in [2.75, 3.05) is 13.1 Å². The molecular formula is C9H17N3O2. The molecular weight excluding hydrogens is 182 g/mol. The number of amides is 1. The van der Waals surface area contributed by atoms with E-state index in [0.717, 1.165) is 13.1 Å². The van der Waals surface area contributed by atoms with E-state index in [9.17, 15) is 4.79 Å². The van der Waals surface area contributed by atoms with Crippen LogP contribution in [0.3, 0.4) is 0 Å². The van der Waals surface area contributed by atoms with Gasteiger partial charge in [0.15, 0.2) is 0 Å². The minimum atomic E-state index is -0.423. The van der Waals surface area contributed by atoms with E-state index < -0.39 is 5.60 Å². The number of hydrazine groups is 1. The molecule has 0 aromatic rings. The molecule has 80 valence electrons. The number of ether oxygens (including phenoxy) is 1. The van der Waals surface area contributed by atoms with Crippen molar-refractivity contribution in [3.8, 4) is 0 Å². The van der Waals surface area contributed by atoms with Gasteiger partial charge in [-0.3, -0.25) is 5.43 Å². The Hall–Kier alpha value is -0.810. The molecule has 2 unspecified atom stereocenters. The molecule has 2 rings (SSSR count). The molecule has 0 spiro atoms. The van der Waals surface area contributed by atoms with E-state index in [4.69, 9.17) is 4.74 Å². The second kappa shape index (κ2) is 3.10. The number of hydrogen-bond acceptors (Lipinski definition) is 4. The predicted octanol–water partition coefficient (Wildman–Crippen LogP) is 0.0821. The molecule has 1 amide bonds. The molecule has 2 atom stereocenters. The predicted molar refractivity (Wildman–Crippen MR) is 51.7 cm³/mol. The van der Waals surface area contributed by atoms with Crippen LogP contribution in [0.2, 0.25) is 0 Å². The minimum absolute atomic E-state index is 0.355. The number of nitrogens with one attached hydrogen (secondary N) is 2. The highest BCUT2D eigenvalue weighted by molar-refractivity contribution is 5.67. The first-order chi connectivity index (χ1) is 6.47. The van der Waals surface area contributed by atoms with E-state index >= 15 is 0 Å². The first-order valence-corrected chi connectivity index (χ1v) is 4.96. The molecule has 0 aromatic heterocycles. The van der Waals surface area contributed by atoms with Crippen molar-refractivity contribution in [2.45, 2.75) is 38.5 Å². The monoisotopic (exact) mass is 199 g/mol. The van der Waals surface area contributed by atoms with Gasteiger partial charge in [0.2, 0.25) is 0 Å². The van der Waals surface area contributed by atoms with E-state index in [2.05, 4.69) is 10.7 Å². The Labute approximate surface area is 83.8 Å². The van der Waals surface area contributed by atoms with Gasteiger partial charge >= 0.3 is 6.09 Å². The molecule has 0 aromatic carbocycles. The van der Waals surface area contributed by atoms with Gasteiger partial charge in [-0.05, 0) is 20.8 Å². The first kappa shape index (κ1) is 9.73. The first-order valence-electron chi connectivity index (χ1n) is 4.96. The number of hydrogen-bond donors (Lipinski definition) is 2. The molecule has 2 aliphatic heterocycles. The molecule has 5 nitrogen and oxygen atoms in total. The third-order valence-electron chi connectivity index (χ3n) is 2.40. The second-order valence-electron chi connectivity index (χ2n) is 4.81. The largest absolute Gasteiger partial charge is 0.443 e. The van der Waals surface area contributed by atoms with E-state index in [0.29, 0.717) is 12.1 Å². The molecule has 0 radical (unpaired) electrons. The maximum atomic E-state index is 11.3. The Kier molecular flexibility index (Phi) is 2.16. The summed E-state index contributed by atoms with van der Waals surface area (Å²) in [6, 6.07) is 0.949. The van der Waals surface area contributed by atoms with Crippen molar-refractivity contribution in [3.63, 3.8) is 0 Å². The van der Waals surface area contributed by atoms with Crippen molar-refractivity contribution in [3.05, 3.63) is 0 Å². The topological polar surface area (TPSA) is 53.4 Å². The highest BCUT2D eigenvalue weighted by Crippen LogP contribution is 2.28. The molecule has 14 heavy (non-hydrogen) atoms. The summed E-state index contributed by atoms with van der Waals surface area (Å²) in [5, 5.41) is 5.19. The lowest BCUT2D eigenvalue weighted by Gasteiger charge is -2.20. The van der Waals surface area contributed by atoms with Crippen LogP contribution in [0.1, 0.15) is 20.8 Å². The van der Waals surface area contributed by atoms with Gasteiger partial charge in [0.1, 0.15) is 5.60 Å². The molecule has 0 bridgehead atoms. The third kappa shape index (κ3) is 1.99. The van der Waals surface area contributed by atoms with Crippen LogP contribution in [0.15, 0.2) is 0 Å². The summed E-state index contributed by atoms with van der Waals surface area (Å²) in [7, 11) is 0. The van der Waals surface area contributed by atoms with Crippen LogP contribution < -0.4 is 10.7 Å². The van der Waals surface area contributed by atoms with Crippen molar-refractivity contribution in [2.24, 2.45) is 0 Å². The minimum Gasteiger partial charge on any atom is -0.443 e. The summed E-state index contributed by atoms with van der Waals surface area (Å²) in [5.41, 5.74) is 2.32. The van der Waals surface area contributed by atoms with Gasteiger partial charge in [0.05, 0.1) is 12.1 Å². The van der Waals surface area contributed by atoms with E-state index in [-0.39, 0.29) is 6.09 Å². The Bertz CT molecular complexity index is 239. The van der Waals surface area contributed by atoms with Gasteiger partial charge in [0, 0.05) is 13.1 Å². The smallest absolute Gasteiger partial charge is 0.422 e. The number of piperazine rings is 1. The summed E-state index contributed by atoms with van der Waals surface area (Å²) in [6.45, 7) is 7.49. The summed E-state index contributed by atoms with van der Waals surface area (Å²) in [5.74, 6) is 0. The van der Waals surface area contributed by atoms with Crippen LogP contribution in [-0.4, -0.2) is 41.9 Å². The Morgan fingerprint density at radius 3 is 2.50 bits per heavy atom. The molecule has 0 saturated carbocycles. The molecule has 2 aliphatic rings. The van der Waals surface area contributed by atoms with E-state index in [1.165, 1.54) is 0 Å². The average Bonchev–Trinajstić information content (AvgIpc) is 2.50. The quantitative estimate of drug-likeness (QED) is 0.587. The maximum absolute atomic E-state index is 11.3. The van der Waals surface area contributed by atoms with Crippen LogP contribution in [0.5, 0.6) is 0 Å². The number of rotatable bonds is 1. The van der Waals surface area contributed by atoms with Crippen LogP contribution >= 0.6 is 0 Å². The number of fused-ring (bicyclic) bond motifs is 1. The number of nitrogens with zero attached hydrogens (tertiary/aromatic N) is 1. The van der Waals surface area contributed by atoms with E-state index in [1.807, 2.05) is 25.8 Å². The van der Waals surface area contributed by atoms with Gasteiger partial charge in [-0.1, -0.05) is 0 Å². The highest BCUT2D eigenvalue weighted by Gasteiger charge is 2.52. The fourth-order valence-corrected chi connectivity index (χ4v) is 1.76. The Morgan fingerprint density at radius 2 is 2.00 bits per heavy atom. The van der Waals surface area contributed by atoms with Crippen molar-refractivity contribution < 1.29 is 9.53 Å². The van der Waals surface area contributed by atoms with Crippen molar-refractivity contribution in [1.29, 1.82) is 0 Å². The Morgan fingerprint density at radius 1 is 1.43 bits per heavy atom. The van der Waals surface area contributed by atoms with Crippen LogP contribution in [0, 0.1) is 0 Å². The second-order valence-corrected chi connectivity index (χ2v) is 4.81. The van der Waals surface area contributed by atoms with Gasteiger partial charge in [0.25, 0.3) is 0 Å². The molecule has 2 fully saturated rings. The van der Waals surface area contributed by atoms with Crippen molar-refractivity contribution >= 4 is 6.09 Å². The van der Waals surface area contributed by atoms with Gasteiger partial charge in [-0.25, -0.2) is 9.80 Å². The highest BCUT2D eigenvalue weighted by atomic mass is 16.6. The Balaban J connectivity index is 1.74. The normalized spacial score (nSPS) is 34.9. The number of carbonyl (C=O) groups excluding carboxylic acids is 1. The summed E-state index contributed by atoms with van der Waals surface area (Å²) < 4.78 is 5.14. The van der Waals surface area contributed by atoms with Crippen LogP contribution in [0.4, 0.5) is 4.79 Å². The van der Waals surface area contributed by atoms with Crippen molar-refractivity contribution in [1.82, 2.24) is 15.8 Å². The van der Waals surface area contributed by atoms with E-state index in [1.54, 1.807) is 0 Å². The molecule has 2 heterocycles. The fourth-order valence-electron chi connectivity index (χ4n) is 1.76. The SMILES string of the molecule is CC(C)(C)OC(=O)NN1C2CNCC21. The third-order valence-corrected chi connectivity index (χ3v) is 2.40. The zero-order chi connectivity index (χ0) is 10.3. The standard InChI is InChI=1S/C9H17N3O2/c1-9(2,3)14-8(13)11-12-6-4-10-5-7(6)12/h6-7,10H,4-5H2,1-3H3,(H,11,13). The van der Waals surface area contributed by atoms with Crippen LogP contribution in [-0.2, 0) is 4.74 Å². The van der Waals surface area contributed by atoms with Gasteiger partial charge in [-0.2, -0.15) is 0 Å². The molecule has 5 heteroatoms. The average molecular weight is 199 g/mol. The van der Waals surface area contributed by atoms with Gasteiger partial charge < -0.3 is 10.1 Å². The fraction of sp³-hybridized carbons (Fsp3) is 0.889. The summed E-state index contributed by atoms with van der Waals surface area (Å²) in [4.78, 5) is 11.3.